The second kappa shape index (κ2) is 7.03. The van der Waals surface area contributed by atoms with E-state index in [1.165, 1.54) is 34.0 Å². The molecule has 0 bridgehead atoms. The summed E-state index contributed by atoms with van der Waals surface area (Å²) in [7, 11) is 1.60. The number of halogens is 2. The number of fused-ring (bicyclic) bond motifs is 1. The number of carbonyl (C=O) groups excluding carboxylic acids is 1. The molecule has 1 aromatic heterocycles. The van der Waals surface area contributed by atoms with Gasteiger partial charge in [0.1, 0.15) is 12.4 Å². The van der Waals surface area contributed by atoms with Crippen LogP contribution >= 0.6 is 11.6 Å². The van der Waals surface area contributed by atoms with Crippen LogP contribution in [0.2, 0.25) is 5.02 Å². The summed E-state index contributed by atoms with van der Waals surface area (Å²) in [6, 6.07) is 10.9. The highest BCUT2D eigenvalue weighted by atomic mass is 35.5. The van der Waals surface area contributed by atoms with Crippen molar-refractivity contribution in [2.24, 2.45) is 0 Å². The van der Waals surface area contributed by atoms with E-state index < -0.39 is 0 Å². The van der Waals surface area contributed by atoms with Crippen LogP contribution in [0.5, 0.6) is 0 Å². The van der Waals surface area contributed by atoms with Crippen molar-refractivity contribution in [2.45, 2.75) is 13.1 Å². The number of rotatable bonds is 4. The Morgan fingerprint density at radius 3 is 2.84 bits per heavy atom. The van der Waals surface area contributed by atoms with Crippen molar-refractivity contribution >= 4 is 28.4 Å². The van der Waals surface area contributed by atoms with Crippen molar-refractivity contribution < 1.29 is 9.18 Å². The summed E-state index contributed by atoms with van der Waals surface area (Å²) >= 11 is 5.92. The van der Waals surface area contributed by atoms with Gasteiger partial charge in [-0.1, -0.05) is 23.7 Å². The molecule has 0 atom stereocenters. The number of carbonyl (C=O) groups is 1. The topological polar surface area (TPSA) is 55.2 Å². The summed E-state index contributed by atoms with van der Waals surface area (Å²) in [6.07, 6.45) is 1.34. The van der Waals surface area contributed by atoms with E-state index in [0.29, 0.717) is 21.5 Å². The van der Waals surface area contributed by atoms with E-state index in [-0.39, 0.29) is 30.4 Å². The van der Waals surface area contributed by atoms with Crippen molar-refractivity contribution in [1.29, 1.82) is 0 Å². The average molecular weight is 360 g/mol. The predicted octanol–water partition coefficient (Wildman–Crippen LogP) is 2.85. The Hall–Kier alpha value is -2.73. The Kier molecular flexibility index (Phi) is 4.81. The van der Waals surface area contributed by atoms with Crippen LogP contribution in [-0.4, -0.2) is 27.4 Å². The average Bonchev–Trinajstić information content (AvgIpc) is 2.57. The van der Waals surface area contributed by atoms with Crippen LogP contribution < -0.4 is 5.56 Å². The smallest absolute Gasteiger partial charge is 0.261 e. The molecule has 0 saturated carbocycles. The standard InChI is InChI=1S/C18H15ClFN3O2/c1-22(9-12-3-2-4-14(20)7-12)17(24)10-23-11-21-16-6-5-13(19)8-15(16)18(23)25/h2-8,11H,9-10H2,1H3. The molecule has 1 amide bonds. The van der Waals surface area contributed by atoms with Gasteiger partial charge in [0.15, 0.2) is 0 Å². The number of likely N-dealkylation sites (N-methyl/N-ethyl adjacent to an activating group) is 1. The van der Waals surface area contributed by atoms with Crippen molar-refractivity contribution in [3.05, 3.63) is 75.5 Å². The molecule has 3 rings (SSSR count). The summed E-state index contributed by atoms with van der Waals surface area (Å²) in [6.45, 7) is 0.0955. The zero-order chi connectivity index (χ0) is 18.0. The minimum atomic E-state index is -0.356. The number of hydrogen-bond donors (Lipinski definition) is 0. The fourth-order valence-corrected chi connectivity index (χ4v) is 2.68. The maximum atomic E-state index is 13.2. The lowest BCUT2D eigenvalue weighted by Gasteiger charge is -2.18. The normalized spacial score (nSPS) is 10.8. The zero-order valence-corrected chi connectivity index (χ0v) is 14.2. The highest BCUT2D eigenvalue weighted by Crippen LogP contribution is 2.14. The first-order chi connectivity index (χ1) is 11.9. The minimum Gasteiger partial charge on any atom is -0.340 e. The van der Waals surface area contributed by atoms with Gasteiger partial charge in [0.2, 0.25) is 5.91 Å². The summed E-state index contributed by atoms with van der Waals surface area (Å²) in [5.41, 5.74) is 0.859. The van der Waals surface area contributed by atoms with E-state index in [2.05, 4.69) is 4.98 Å². The Morgan fingerprint density at radius 1 is 1.28 bits per heavy atom. The molecule has 0 radical (unpaired) electrons. The Balaban J connectivity index is 1.79. The molecule has 0 aliphatic rings. The summed E-state index contributed by atoms with van der Waals surface area (Å²) < 4.78 is 14.5. The molecule has 128 valence electrons. The molecule has 25 heavy (non-hydrogen) atoms. The van der Waals surface area contributed by atoms with Gasteiger partial charge in [-0.2, -0.15) is 0 Å². The molecule has 7 heteroatoms. The van der Waals surface area contributed by atoms with E-state index in [4.69, 9.17) is 11.6 Å². The van der Waals surface area contributed by atoms with Gasteiger partial charge in [0.25, 0.3) is 5.56 Å². The molecule has 0 unspecified atom stereocenters. The van der Waals surface area contributed by atoms with Gasteiger partial charge >= 0.3 is 0 Å². The van der Waals surface area contributed by atoms with Crippen LogP contribution in [0, 0.1) is 5.82 Å². The predicted molar refractivity (Wildman–Crippen MR) is 93.9 cm³/mol. The Labute approximate surface area is 148 Å². The van der Waals surface area contributed by atoms with E-state index in [0.717, 1.165) is 0 Å². The fraction of sp³-hybridized carbons (Fsp3) is 0.167. The molecule has 0 aliphatic heterocycles. The number of nitrogens with zero attached hydrogens (tertiary/aromatic N) is 3. The molecule has 5 nitrogen and oxygen atoms in total. The summed E-state index contributed by atoms with van der Waals surface area (Å²) in [5.74, 6) is -0.639. The van der Waals surface area contributed by atoms with Crippen molar-refractivity contribution in [2.75, 3.05) is 7.05 Å². The summed E-state index contributed by atoms with van der Waals surface area (Å²) in [5, 5.41) is 0.786. The maximum Gasteiger partial charge on any atom is 0.261 e. The third kappa shape index (κ3) is 3.85. The molecule has 3 aromatic rings. The van der Waals surface area contributed by atoms with Gasteiger partial charge in [0, 0.05) is 18.6 Å². The maximum absolute atomic E-state index is 13.2. The van der Waals surface area contributed by atoms with E-state index in [1.807, 2.05) is 0 Å². The summed E-state index contributed by atoms with van der Waals surface area (Å²) in [4.78, 5) is 30.5. The first-order valence-electron chi connectivity index (χ1n) is 7.57. The lowest BCUT2D eigenvalue weighted by Crippen LogP contribution is -2.33. The second-order valence-corrected chi connectivity index (χ2v) is 6.16. The molecule has 0 N–H and O–H groups in total. The number of benzene rings is 2. The fourth-order valence-electron chi connectivity index (χ4n) is 2.51. The molecule has 0 saturated heterocycles. The van der Waals surface area contributed by atoms with Crippen LogP contribution in [0.1, 0.15) is 5.56 Å². The van der Waals surface area contributed by atoms with Gasteiger partial charge in [-0.25, -0.2) is 9.37 Å². The van der Waals surface area contributed by atoms with E-state index in [9.17, 15) is 14.0 Å². The van der Waals surface area contributed by atoms with Crippen molar-refractivity contribution in [1.82, 2.24) is 14.5 Å². The van der Waals surface area contributed by atoms with E-state index in [1.54, 1.807) is 31.3 Å². The SMILES string of the molecule is CN(Cc1cccc(F)c1)C(=O)Cn1cnc2ccc(Cl)cc2c1=O. The second-order valence-electron chi connectivity index (χ2n) is 5.72. The third-order valence-corrected chi connectivity index (χ3v) is 4.06. The van der Waals surface area contributed by atoms with Gasteiger partial charge < -0.3 is 4.90 Å². The van der Waals surface area contributed by atoms with Crippen LogP contribution in [-0.2, 0) is 17.9 Å². The Bertz CT molecular complexity index is 1000. The highest BCUT2D eigenvalue weighted by molar-refractivity contribution is 6.31. The van der Waals surface area contributed by atoms with E-state index >= 15 is 0 Å². The van der Waals surface area contributed by atoms with Crippen LogP contribution in [0.15, 0.2) is 53.6 Å². The van der Waals surface area contributed by atoms with Crippen LogP contribution in [0.3, 0.4) is 0 Å². The molecule has 2 aromatic carbocycles. The van der Waals surface area contributed by atoms with Gasteiger partial charge in [-0.3, -0.25) is 14.2 Å². The highest BCUT2D eigenvalue weighted by Gasteiger charge is 2.13. The quantitative estimate of drug-likeness (QED) is 0.719. The largest absolute Gasteiger partial charge is 0.340 e. The number of amides is 1. The minimum absolute atomic E-state index is 0.153. The molecule has 1 heterocycles. The van der Waals surface area contributed by atoms with Crippen molar-refractivity contribution in [3.63, 3.8) is 0 Å². The van der Waals surface area contributed by atoms with Crippen LogP contribution in [0.4, 0.5) is 4.39 Å². The van der Waals surface area contributed by atoms with Gasteiger partial charge in [0.05, 0.1) is 17.2 Å². The van der Waals surface area contributed by atoms with Gasteiger partial charge in [-0.15, -0.1) is 0 Å². The molecular formula is C18H15ClFN3O2. The lowest BCUT2D eigenvalue weighted by atomic mass is 10.2. The first kappa shape index (κ1) is 17.1. The molecular weight excluding hydrogens is 345 g/mol. The van der Waals surface area contributed by atoms with Crippen LogP contribution in [0.25, 0.3) is 10.9 Å². The lowest BCUT2D eigenvalue weighted by molar-refractivity contribution is -0.131. The van der Waals surface area contributed by atoms with Crippen molar-refractivity contribution in [3.8, 4) is 0 Å². The third-order valence-electron chi connectivity index (χ3n) is 3.83. The number of aromatic nitrogens is 2. The molecule has 0 fully saturated rings. The molecule has 0 spiro atoms. The monoisotopic (exact) mass is 359 g/mol. The Morgan fingerprint density at radius 2 is 2.08 bits per heavy atom. The first-order valence-corrected chi connectivity index (χ1v) is 7.95. The molecule has 0 aliphatic carbocycles. The zero-order valence-electron chi connectivity index (χ0n) is 13.4. The van der Waals surface area contributed by atoms with Gasteiger partial charge in [-0.05, 0) is 35.9 Å². The number of hydrogen-bond acceptors (Lipinski definition) is 3.